The van der Waals surface area contributed by atoms with E-state index < -0.39 is 0 Å². The van der Waals surface area contributed by atoms with Crippen LogP contribution in [0.5, 0.6) is 0 Å². The molecule has 0 bridgehead atoms. The molecule has 0 unspecified atom stereocenters. The summed E-state index contributed by atoms with van der Waals surface area (Å²) in [5.41, 5.74) is 0. The maximum Gasteiger partial charge on any atom is 0.0462 e. The van der Waals surface area contributed by atoms with E-state index >= 15 is 0 Å². The molecule has 0 heterocycles. The standard InChI is InChI=1S/C14H31NO/c1-3-4-5-6-7-9-12-15-13-10-8-11-14-16-2/h15H,3-14H2,1-2H3. The SMILES string of the molecule is CCCCCCCCNCCCCCOC. The Bertz CT molecular complexity index is 103. The van der Waals surface area contributed by atoms with Crippen molar-refractivity contribution in [2.75, 3.05) is 26.8 Å². The highest BCUT2D eigenvalue weighted by Gasteiger charge is 1.91. The molecule has 0 atom stereocenters. The third-order valence-electron chi connectivity index (χ3n) is 2.91. The summed E-state index contributed by atoms with van der Waals surface area (Å²) in [6.45, 7) is 5.57. The van der Waals surface area contributed by atoms with Crippen LogP contribution in [0.4, 0.5) is 0 Å². The van der Waals surface area contributed by atoms with Crippen molar-refractivity contribution in [1.29, 1.82) is 0 Å². The summed E-state index contributed by atoms with van der Waals surface area (Å²) in [5.74, 6) is 0. The summed E-state index contributed by atoms with van der Waals surface area (Å²) in [7, 11) is 1.77. The van der Waals surface area contributed by atoms with Gasteiger partial charge in [0, 0.05) is 13.7 Å². The molecule has 0 saturated carbocycles. The molecule has 0 fully saturated rings. The minimum atomic E-state index is 0.914. The number of nitrogens with one attached hydrogen (secondary N) is 1. The molecular formula is C14H31NO. The first kappa shape index (κ1) is 15.9. The first-order valence-corrected chi connectivity index (χ1v) is 7.11. The molecular weight excluding hydrogens is 198 g/mol. The zero-order valence-electron chi connectivity index (χ0n) is 11.4. The van der Waals surface area contributed by atoms with E-state index in [1.54, 1.807) is 7.11 Å². The van der Waals surface area contributed by atoms with Gasteiger partial charge < -0.3 is 10.1 Å². The third-order valence-corrected chi connectivity index (χ3v) is 2.91. The molecule has 2 heteroatoms. The highest BCUT2D eigenvalue weighted by Crippen LogP contribution is 2.04. The molecule has 0 aliphatic carbocycles. The average molecular weight is 229 g/mol. The summed E-state index contributed by atoms with van der Waals surface area (Å²) in [6, 6.07) is 0. The van der Waals surface area contributed by atoms with Gasteiger partial charge in [0.25, 0.3) is 0 Å². The fourth-order valence-corrected chi connectivity index (χ4v) is 1.83. The fraction of sp³-hybridized carbons (Fsp3) is 1.00. The molecule has 0 aliphatic heterocycles. The van der Waals surface area contributed by atoms with E-state index in [0.717, 1.165) is 6.61 Å². The number of unbranched alkanes of at least 4 members (excludes halogenated alkanes) is 7. The van der Waals surface area contributed by atoms with Gasteiger partial charge in [-0.1, -0.05) is 39.0 Å². The molecule has 0 rings (SSSR count). The van der Waals surface area contributed by atoms with Gasteiger partial charge >= 0.3 is 0 Å². The van der Waals surface area contributed by atoms with E-state index in [2.05, 4.69) is 12.2 Å². The molecule has 0 aliphatic rings. The smallest absolute Gasteiger partial charge is 0.0462 e. The Morgan fingerprint density at radius 1 is 0.750 bits per heavy atom. The van der Waals surface area contributed by atoms with E-state index in [1.165, 1.54) is 70.9 Å². The van der Waals surface area contributed by atoms with Crippen LogP contribution in [0.15, 0.2) is 0 Å². The van der Waals surface area contributed by atoms with Crippen LogP contribution in [0.25, 0.3) is 0 Å². The van der Waals surface area contributed by atoms with Crippen LogP contribution in [0.1, 0.15) is 64.7 Å². The number of ether oxygens (including phenoxy) is 1. The first-order chi connectivity index (χ1) is 7.91. The van der Waals surface area contributed by atoms with Gasteiger partial charge in [0.2, 0.25) is 0 Å². The lowest BCUT2D eigenvalue weighted by Crippen LogP contribution is -2.16. The van der Waals surface area contributed by atoms with Crippen molar-refractivity contribution in [2.45, 2.75) is 64.7 Å². The van der Waals surface area contributed by atoms with Crippen LogP contribution in [0.2, 0.25) is 0 Å². The fourth-order valence-electron chi connectivity index (χ4n) is 1.83. The summed E-state index contributed by atoms with van der Waals surface area (Å²) in [4.78, 5) is 0. The lowest BCUT2D eigenvalue weighted by molar-refractivity contribution is 0.192. The molecule has 1 N–H and O–H groups in total. The normalized spacial score (nSPS) is 10.9. The summed E-state index contributed by atoms with van der Waals surface area (Å²) >= 11 is 0. The third kappa shape index (κ3) is 13.9. The van der Waals surface area contributed by atoms with Crippen molar-refractivity contribution in [3.05, 3.63) is 0 Å². The number of hydrogen-bond acceptors (Lipinski definition) is 2. The second kappa shape index (κ2) is 14.9. The monoisotopic (exact) mass is 229 g/mol. The zero-order valence-corrected chi connectivity index (χ0v) is 11.4. The minimum absolute atomic E-state index is 0.914. The van der Waals surface area contributed by atoms with E-state index in [4.69, 9.17) is 4.74 Å². The van der Waals surface area contributed by atoms with Gasteiger partial charge in [0.1, 0.15) is 0 Å². The van der Waals surface area contributed by atoms with Gasteiger partial charge in [-0.25, -0.2) is 0 Å². The van der Waals surface area contributed by atoms with Crippen LogP contribution in [-0.4, -0.2) is 26.8 Å². The van der Waals surface area contributed by atoms with Gasteiger partial charge in [-0.3, -0.25) is 0 Å². The van der Waals surface area contributed by atoms with E-state index in [0.29, 0.717) is 0 Å². The molecule has 0 aromatic heterocycles. The summed E-state index contributed by atoms with van der Waals surface area (Å²) in [6.07, 6.45) is 12.1. The number of hydrogen-bond donors (Lipinski definition) is 1. The number of methoxy groups -OCH3 is 1. The van der Waals surface area contributed by atoms with Crippen LogP contribution in [0, 0.1) is 0 Å². The average Bonchev–Trinajstić information content (AvgIpc) is 2.31. The van der Waals surface area contributed by atoms with Gasteiger partial charge in [-0.2, -0.15) is 0 Å². The second-order valence-electron chi connectivity index (χ2n) is 4.57. The Balaban J connectivity index is 2.83. The zero-order chi connectivity index (χ0) is 11.9. The molecule has 2 nitrogen and oxygen atoms in total. The Labute approximate surface area is 102 Å². The van der Waals surface area contributed by atoms with Crippen LogP contribution < -0.4 is 5.32 Å². The predicted molar refractivity (Wildman–Crippen MR) is 72.0 cm³/mol. The van der Waals surface area contributed by atoms with Crippen molar-refractivity contribution in [1.82, 2.24) is 5.32 Å². The molecule has 0 amide bonds. The van der Waals surface area contributed by atoms with Crippen molar-refractivity contribution in [3.63, 3.8) is 0 Å². The second-order valence-corrected chi connectivity index (χ2v) is 4.57. The molecule has 0 aromatic rings. The molecule has 98 valence electrons. The Kier molecular flexibility index (Phi) is 14.8. The molecule has 16 heavy (non-hydrogen) atoms. The maximum atomic E-state index is 5.01. The van der Waals surface area contributed by atoms with Gasteiger partial charge in [-0.15, -0.1) is 0 Å². The van der Waals surface area contributed by atoms with Gasteiger partial charge in [0.05, 0.1) is 0 Å². The topological polar surface area (TPSA) is 21.3 Å². The molecule has 0 saturated heterocycles. The molecule has 0 aromatic carbocycles. The van der Waals surface area contributed by atoms with Crippen LogP contribution in [-0.2, 0) is 4.74 Å². The first-order valence-electron chi connectivity index (χ1n) is 7.11. The predicted octanol–water partition coefficient (Wildman–Crippen LogP) is 3.75. The van der Waals surface area contributed by atoms with Gasteiger partial charge in [0.15, 0.2) is 0 Å². The summed E-state index contributed by atoms with van der Waals surface area (Å²) in [5, 5.41) is 3.51. The Hall–Kier alpha value is -0.0800. The summed E-state index contributed by atoms with van der Waals surface area (Å²) < 4.78 is 5.01. The maximum absolute atomic E-state index is 5.01. The van der Waals surface area contributed by atoms with Crippen molar-refractivity contribution in [2.24, 2.45) is 0 Å². The highest BCUT2D eigenvalue weighted by atomic mass is 16.5. The van der Waals surface area contributed by atoms with Gasteiger partial charge in [-0.05, 0) is 38.8 Å². The lowest BCUT2D eigenvalue weighted by Gasteiger charge is -2.04. The number of rotatable bonds is 13. The molecule has 0 radical (unpaired) electrons. The minimum Gasteiger partial charge on any atom is -0.385 e. The Morgan fingerprint density at radius 3 is 1.94 bits per heavy atom. The highest BCUT2D eigenvalue weighted by molar-refractivity contribution is 4.50. The largest absolute Gasteiger partial charge is 0.385 e. The Morgan fingerprint density at radius 2 is 1.31 bits per heavy atom. The molecule has 0 spiro atoms. The van der Waals surface area contributed by atoms with E-state index in [1.807, 2.05) is 0 Å². The van der Waals surface area contributed by atoms with E-state index in [9.17, 15) is 0 Å². The quantitative estimate of drug-likeness (QED) is 0.486. The lowest BCUT2D eigenvalue weighted by atomic mass is 10.1. The van der Waals surface area contributed by atoms with Crippen molar-refractivity contribution >= 4 is 0 Å². The van der Waals surface area contributed by atoms with Crippen molar-refractivity contribution < 1.29 is 4.74 Å². The van der Waals surface area contributed by atoms with Crippen molar-refractivity contribution in [3.8, 4) is 0 Å². The van der Waals surface area contributed by atoms with E-state index in [-0.39, 0.29) is 0 Å². The van der Waals surface area contributed by atoms with Crippen LogP contribution >= 0.6 is 0 Å². The van der Waals surface area contributed by atoms with Crippen LogP contribution in [0.3, 0.4) is 0 Å².